The minimum Gasteiger partial charge on any atom is -0.337 e. The first-order valence-corrected chi connectivity index (χ1v) is 7.78. The molecule has 6 heteroatoms. The topological polar surface area (TPSA) is 49.6 Å². The van der Waals surface area contributed by atoms with Crippen molar-refractivity contribution in [2.45, 2.75) is 64.6 Å². The maximum absolute atomic E-state index is 12.5. The lowest BCUT2D eigenvalue weighted by atomic mass is 9.92. The van der Waals surface area contributed by atoms with Crippen LogP contribution in [-0.2, 0) is 4.79 Å². The van der Waals surface area contributed by atoms with Crippen LogP contribution in [0.1, 0.15) is 46.5 Å². The fourth-order valence-corrected chi connectivity index (χ4v) is 3.61. The maximum atomic E-state index is 12.5. The molecule has 2 heterocycles. The average Bonchev–Trinajstić information content (AvgIpc) is 2.70. The molecular weight excluding hydrogens is 309 g/mol. The highest BCUT2D eigenvalue weighted by molar-refractivity contribution is 5.85. The van der Waals surface area contributed by atoms with Gasteiger partial charge >= 0.3 is 0 Å². The third kappa shape index (κ3) is 4.98. The fourth-order valence-electron chi connectivity index (χ4n) is 3.61. The third-order valence-corrected chi connectivity index (χ3v) is 5.02. The van der Waals surface area contributed by atoms with Gasteiger partial charge in [0.2, 0.25) is 5.91 Å². The molecule has 1 amide bonds. The molecule has 126 valence electrons. The molecule has 2 aliphatic rings. The summed E-state index contributed by atoms with van der Waals surface area (Å²) < 4.78 is 0. The van der Waals surface area contributed by atoms with Gasteiger partial charge in [-0.15, -0.1) is 24.8 Å². The van der Waals surface area contributed by atoms with Gasteiger partial charge in [0.1, 0.15) is 0 Å². The van der Waals surface area contributed by atoms with Crippen LogP contribution in [0, 0.1) is 5.92 Å². The van der Waals surface area contributed by atoms with Gasteiger partial charge < -0.3 is 10.6 Å². The molecule has 0 aromatic heterocycles. The second kappa shape index (κ2) is 9.19. The molecule has 2 saturated heterocycles. The predicted molar refractivity (Wildman–Crippen MR) is 92.3 cm³/mol. The minimum absolute atomic E-state index is 0. The molecule has 2 N–H and O–H groups in total. The van der Waals surface area contributed by atoms with Gasteiger partial charge in [0.05, 0.1) is 6.54 Å². The Balaban J connectivity index is 0.00000200. The van der Waals surface area contributed by atoms with Gasteiger partial charge in [-0.1, -0.05) is 6.92 Å². The van der Waals surface area contributed by atoms with E-state index in [0.717, 1.165) is 19.4 Å². The normalized spacial score (nSPS) is 33.2. The molecule has 2 rings (SSSR count). The van der Waals surface area contributed by atoms with Crippen molar-refractivity contribution < 1.29 is 4.79 Å². The highest BCUT2D eigenvalue weighted by Gasteiger charge is 2.33. The lowest BCUT2D eigenvalue weighted by molar-refractivity contribution is -0.137. The Morgan fingerprint density at radius 3 is 2.19 bits per heavy atom. The number of halogens is 2. The molecule has 0 radical (unpaired) electrons. The van der Waals surface area contributed by atoms with Crippen molar-refractivity contribution in [1.82, 2.24) is 9.80 Å². The molecule has 4 nitrogen and oxygen atoms in total. The van der Waals surface area contributed by atoms with Gasteiger partial charge in [-0.05, 0) is 45.4 Å². The number of carbonyl (C=O) groups is 1. The fraction of sp³-hybridized carbons (Fsp3) is 0.933. The Morgan fingerprint density at radius 1 is 1.10 bits per heavy atom. The van der Waals surface area contributed by atoms with E-state index in [9.17, 15) is 4.79 Å². The Morgan fingerprint density at radius 2 is 1.67 bits per heavy atom. The second-order valence-corrected chi connectivity index (χ2v) is 6.55. The van der Waals surface area contributed by atoms with Crippen LogP contribution in [0.5, 0.6) is 0 Å². The average molecular weight is 340 g/mol. The lowest BCUT2D eigenvalue weighted by Crippen LogP contribution is -2.53. The van der Waals surface area contributed by atoms with Crippen LogP contribution in [0.4, 0.5) is 0 Å². The minimum atomic E-state index is 0. The first kappa shape index (κ1) is 21.0. The summed E-state index contributed by atoms with van der Waals surface area (Å²) in [6, 6.07) is 1.34. The number of amides is 1. The van der Waals surface area contributed by atoms with Crippen LogP contribution in [0.3, 0.4) is 0 Å². The van der Waals surface area contributed by atoms with E-state index in [1.807, 2.05) is 4.90 Å². The van der Waals surface area contributed by atoms with Gasteiger partial charge in [0, 0.05) is 31.2 Å². The Labute approximate surface area is 141 Å². The largest absolute Gasteiger partial charge is 0.337 e. The smallest absolute Gasteiger partial charge is 0.237 e. The van der Waals surface area contributed by atoms with Gasteiger partial charge in [-0.25, -0.2) is 0 Å². The highest BCUT2D eigenvalue weighted by Crippen LogP contribution is 2.25. The molecule has 0 aromatic carbocycles. The van der Waals surface area contributed by atoms with Crippen molar-refractivity contribution in [2.24, 2.45) is 11.7 Å². The molecule has 0 aliphatic carbocycles. The van der Waals surface area contributed by atoms with Crippen LogP contribution in [-0.4, -0.2) is 53.5 Å². The van der Waals surface area contributed by atoms with Crippen molar-refractivity contribution in [1.29, 1.82) is 0 Å². The molecule has 21 heavy (non-hydrogen) atoms. The van der Waals surface area contributed by atoms with Gasteiger partial charge in [0.15, 0.2) is 0 Å². The molecular formula is C15H31Cl2N3O. The Hall–Kier alpha value is -0.0300. The van der Waals surface area contributed by atoms with E-state index < -0.39 is 0 Å². The Kier molecular flexibility index (Phi) is 9.17. The summed E-state index contributed by atoms with van der Waals surface area (Å²) in [6.07, 6.45) is 4.61. The van der Waals surface area contributed by atoms with E-state index in [-0.39, 0.29) is 36.8 Å². The molecule has 4 unspecified atom stereocenters. The first-order chi connectivity index (χ1) is 9.02. The number of carbonyl (C=O) groups excluding carboxylic acids is 1. The van der Waals surface area contributed by atoms with Crippen molar-refractivity contribution in [3.8, 4) is 0 Å². The second-order valence-electron chi connectivity index (χ2n) is 6.55. The molecule has 4 atom stereocenters. The van der Waals surface area contributed by atoms with Gasteiger partial charge in [0.25, 0.3) is 0 Å². The van der Waals surface area contributed by atoms with Crippen LogP contribution >= 0.6 is 24.8 Å². The van der Waals surface area contributed by atoms with Crippen LogP contribution in [0.2, 0.25) is 0 Å². The van der Waals surface area contributed by atoms with Crippen molar-refractivity contribution >= 4 is 30.7 Å². The van der Waals surface area contributed by atoms with E-state index in [4.69, 9.17) is 5.73 Å². The number of hydrogen-bond acceptors (Lipinski definition) is 3. The molecule has 2 aliphatic heterocycles. The number of rotatable bonds is 3. The maximum Gasteiger partial charge on any atom is 0.237 e. The van der Waals surface area contributed by atoms with Gasteiger partial charge in [-0.3, -0.25) is 9.69 Å². The summed E-state index contributed by atoms with van der Waals surface area (Å²) in [7, 11) is 0. The third-order valence-electron chi connectivity index (χ3n) is 5.02. The van der Waals surface area contributed by atoms with Crippen molar-refractivity contribution in [3.05, 3.63) is 0 Å². The van der Waals surface area contributed by atoms with E-state index in [1.165, 1.54) is 12.8 Å². The number of hydrogen-bond donors (Lipinski definition) is 1. The molecule has 0 bridgehead atoms. The zero-order chi connectivity index (χ0) is 14.0. The number of nitrogens with zero attached hydrogens (tertiary/aromatic N) is 2. The molecule has 0 aromatic rings. The summed E-state index contributed by atoms with van der Waals surface area (Å²) in [5.41, 5.74) is 5.85. The summed E-state index contributed by atoms with van der Waals surface area (Å²) in [5, 5.41) is 0. The molecule has 0 saturated carbocycles. The van der Waals surface area contributed by atoms with E-state index in [1.54, 1.807) is 0 Å². The van der Waals surface area contributed by atoms with Crippen LogP contribution in [0.25, 0.3) is 0 Å². The molecule has 2 fully saturated rings. The Bertz CT molecular complexity index is 320. The van der Waals surface area contributed by atoms with Gasteiger partial charge in [-0.2, -0.15) is 0 Å². The lowest BCUT2D eigenvalue weighted by Gasteiger charge is -2.39. The van der Waals surface area contributed by atoms with E-state index in [2.05, 4.69) is 25.7 Å². The zero-order valence-corrected chi connectivity index (χ0v) is 15.1. The summed E-state index contributed by atoms with van der Waals surface area (Å²) in [4.78, 5) is 16.9. The molecule has 0 spiro atoms. The highest BCUT2D eigenvalue weighted by atomic mass is 35.5. The van der Waals surface area contributed by atoms with E-state index >= 15 is 0 Å². The number of piperidine rings is 1. The summed E-state index contributed by atoms with van der Waals surface area (Å²) in [6.45, 7) is 8.78. The summed E-state index contributed by atoms with van der Waals surface area (Å²) >= 11 is 0. The predicted octanol–water partition coefficient (Wildman–Crippen LogP) is 2.29. The standard InChI is InChI=1S/C15H29N3O.2ClH/c1-11-6-7-17(14(8-11)9-16)15(19)10-18-12(2)4-5-13(18)3;;/h11-14H,4-10,16H2,1-3H3;2*1H. The SMILES string of the molecule is CC1CCN(C(=O)CN2C(C)CCC2C)C(CN)C1.Cl.Cl. The number of likely N-dealkylation sites (tertiary alicyclic amines) is 2. The van der Waals surface area contributed by atoms with Crippen LogP contribution < -0.4 is 5.73 Å². The quantitative estimate of drug-likeness (QED) is 0.858. The monoisotopic (exact) mass is 339 g/mol. The van der Waals surface area contributed by atoms with Crippen molar-refractivity contribution in [3.63, 3.8) is 0 Å². The number of nitrogens with two attached hydrogens (primary N) is 1. The van der Waals surface area contributed by atoms with E-state index in [0.29, 0.717) is 31.1 Å². The zero-order valence-electron chi connectivity index (χ0n) is 13.5. The summed E-state index contributed by atoms with van der Waals surface area (Å²) in [5.74, 6) is 0.977. The van der Waals surface area contributed by atoms with Crippen molar-refractivity contribution in [2.75, 3.05) is 19.6 Å². The van der Waals surface area contributed by atoms with Crippen LogP contribution in [0.15, 0.2) is 0 Å². The first-order valence-electron chi connectivity index (χ1n) is 7.78.